The van der Waals surface area contributed by atoms with Crippen LogP contribution in [0.5, 0.6) is 0 Å². The molecule has 0 saturated carbocycles. The van der Waals surface area contributed by atoms with Crippen LogP contribution in [0.25, 0.3) is 11.0 Å². The van der Waals surface area contributed by atoms with Crippen LogP contribution in [0.2, 0.25) is 0 Å². The molecule has 29 heavy (non-hydrogen) atoms. The van der Waals surface area contributed by atoms with Gasteiger partial charge in [0.15, 0.2) is 5.65 Å². The van der Waals surface area contributed by atoms with Gasteiger partial charge in [-0.3, -0.25) is 9.48 Å². The molecule has 2 N–H and O–H groups in total. The van der Waals surface area contributed by atoms with Crippen LogP contribution in [0, 0.1) is 6.92 Å². The van der Waals surface area contributed by atoms with E-state index in [0.29, 0.717) is 30.0 Å². The number of hydrogen-bond acceptors (Lipinski definition) is 6. The first-order valence-corrected chi connectivity index (χ1v) is 9.50. The number of nitrogens with one attached hydrogen (secondary N) is 2. The van der Waals surface area contributed by atoms with Crippen molar-refractivity contribution < 1.29 is 14.3 Å². The molecule has 3 aromatic rings. The average molecular weight is 395 g/mol. The number of anilines is 2. The first-order valence-electron chi connectivity index (χ1n) is 9.50. The van der Waals surface area contributed by atoms with Crippen LogP contribution >= 0.6 is 0 Å². The second-order valence-electron chi connectivity index (χ2n) is 6.73. The van der Waals surface area contributed by atoms with E-state index >= 15 is 0 Å². The maximum atomic E-state index is 12.4. The molecule has 0 atom stereocenters. The van der Waals surface area contributed by atoms with Crippen molar-refractivity contribution >= 4 is 34.3 Å². The molecule has 8 heteroatoms. The number of pyridine rings is 1. The Hall–Kier alpha value is -3.42. The van der Waals surface area contributed by atoms with Crippen LogP contribution in [0.1, 0.15) is 35.5 Å². The van der Waals surface area contributed by atoms with Gasteiger partial charge in [0, 0.05) is 32.4 Å². The Labute approximate surface area is 169 Å². The van der Waals surface area contributed by atoms with Crippen molar-refractivity contribution in [1.82, 2.24) is 14.8 Å². The molecule has 2 aromatic heterocycles. The highest BCUT2D eigenvalue weighted by Crippen LogP contribution is 2.29. The summed E-state index contributed by atoms with van der Waals surface area (Å²) in [7, 11) is 1.83. The van der Waals surface area contributed by atoms with Crippen LogP contribution in [0.15, 0.2) is 30.5 Å². The monoisotopic (exact) mass is 395 g/mol. The number of carbonyl (C=O) groups is 2. The summed E-state index contributed by atoms with van der Waals surface area (Å²) in [5, 5.41) is 11.4. The number of aryl methyl sites for hydroxylation is 2. The average Bonchev–Trinajstić information content (AvgIpc) is 2.97. The minimum absolute atomic E-state index is 0.0977. The highest BCUT2D eigenvalue weighted by Gasteiger charge is 2.20. The van der Waals surface area contributed by atoms with Crippen molar-refractivity contribution in [3.63, 3.8) is 0 Å². The molecule has 0 saturated heterocycles. The summed E-state index contributed by atoms with van der Waals surface area (Å²) in [5.74, 6) is -0.508. The van der Waals surface area contributed by atoms with Gasteiger partial charge < -0.3 is 15.4 Å². The largest absolute Gasteiger partial charge is 0.462 e. The fraction of sp³-hybridized carbons (Fsp3) is 0.333. The third-order valence-corrected chi connectivity index (χ3v) is 4.51. The fourth-order valence-corrected chi connectivity index (χ4v) is 3.25. The first-order chi connectivity index (χ1) is 13.9. The van der Waals surface area contributed by atoms with Crippen molar-refractivity contribution in [2.45, 2.75) is 27.2 Å². The zero-order chi connectivity index (χ0) is 21.0. The molecule has 3 rings (SSSR count). The van der Waals surface area contributed by atoms with Gasteiger partial charge in [0.1, 0.15) is 5.56 Å². The van der Waals surface area contributed by atoms with Crippen LogP contribution in [0.3, 0.4) is 0 Å². The van der Waals surface area contributed by atoms with E-state index in [0.717, 1.165) is 28.8 Å². The van der Waals surface area contributed by atoms with E-state index < -0.39 is 5.97 Å². The van der Waals surface area contributed by atoms with Crippen LogP contribution in [0.4, 0.5) is 11.4 Å². The van der Waals surface area contributed by atoms with E-state index in [1.165, 1.54) is 13.1 Å². The summed E-state index contributed by atoms with van der Waals surface area (Å²) in [5.41, 5.74) is 4.46. The van der Waals surface area contributed by atoms with Crippen molar-refractivity contribution in [3.05, 3.63) is 47.3 Å². The van der Waals surface area contributed by atoms with Crippen LogP contribution in [-0.4, -0.2) is 39.8 Å². The third-order valence-electron chi connectivity index (χ3n) is 4.51. The summed E-state index contributed by atoms with van der Waals surface area (Å²) >= 11 is 0. The van der Waals surface area contributed by atoms with E-state index in [-0.39, 0.29) is 5.91 Å². The Morgan fingerprint density at radius 2 is 1.93 bits per heavy atom. The van der Waals surface area contributed by atoms with Gasteiger partial charge in [0.05, 0.1) is 23.4 Å². The molecule has 1 aromatic carbocycles. The quantitative estimate of drug-likeness (QED) is 0.597. The first kappa shape index (κ1) is 20.3. The van der Waals surface area contributed by atoms with Gasteiger partial charge in [-0.15, -0.1) is 0 Å². The summed E-state index contributed by atoms with van der Waals surface area (Å²) < 4.78 is 6.89. The van der Waals surface area contributed by atoms with E-state index in [1.54, 1.807) is 11.6 Å². The second kappa shape index (κ2) is 8.72. The lowest BCUT2D eigenvalue weighted by atomic mass is 10.1. The highest BCUT2D eigenvalue weighted by atomic mass is 16.5. The number of ether oxygens (including phenoxy) is 1. The zero-order valence-corrected chi connectivity index (χ0v) is 17.1. The Bertz CT molecular complexity index is 1040. The fourth-order valence-electron chi connectivity index (χ4n) is 3.25. The molecule has 0 unspecified atom stereocenters. The van der Waals surface area contributed by atoms with E-state index in [2.05, 4.69) is 20.7 Å². The molecular weight excluding hydrogens is 370 g/mol. The van der Waals surface area contributed by atoms with Crippen molar-refractivity contribution in [2.75, 3.05) is 23.8 Å². The summed E-state index contributed by atoms with van der Waals surface area (Å²) in [6.07, 6.45) is 2.28. The lowest BCUT2D eigenvalue weighted by Crippen LogP contribution is -2.13. The minimum atomic E-state index is -0.410. The molecule has 2 heterocycles. The number of esters is 1. The zero-order valence-electron chi connectivity index (χ0n) is 17.1. The van der Waals surface area contributed by atoms with E-state index in [4.69, 9.17) is 4.74 Å². The standard InChI is InChI=1S/C21H25N5O3/c1-5-29-21(28)17-12-23-20-18(13(2)25-26(20)4)19(17)22-11-10-15-6-8-16(9-7-15)24-14(3)27/h6-9,12H,5,10-11H2,1-4H3,(H,22,23)(H,24,27). The molecule has 0 aliphatic carbocycles. The maximum absolute atomic E-state index is 12.4. The molecule has 0 aliphatic heterocycles. The third kappa shape index (κ3) is 4.53. The number of aromatic nitrogens is 3. The lowest BCUT2D eigenvalue weighted by molar-refractivity contribution is -0.114. The Morgan fingerprint density at radius 1 is 1.21 bits per heavy atom. The van der Waals surface area contributed by atoms with Crippen molar-refractivity contribution in [2.24, 2.45) is 7.05 Å². The number of hydrogen-bond donors (Lipinski definition) is 2. The smallest absolute Gasteiger partial charge is 0.341 e. The lowest BCUT2D eigenvalue weighted by Gasteiger charge is -2.13. The number of benzene rings is 1. The van der Waals surface area contributed by atoms with Gasteiger partial charge in [0.25, 0.3) is 0 Å². The van der Waals surface area contributed by atoms with Gasteiger partial charge in [-0.05, 0) is 38.0 Å². The number of fused-ring (bicyclic) bond motifs is 1. The number of carbonyl (C=O) groups excluding carboxylic acids is 2. The van der Waals surface area contributed by atoms with Crippen LogP contribution in [-0.2, 0) is 23.0 Å². The highest BCUT2D eigenvalue weighted by molar-refractivity contribution is 6.05. The van der Waals surface area contributed by atoms with Gasteiger partial charge >= 0.3 is 5.97 Å². The predicted octanol–water partition coefficient (Wildman–Crippen LogP) is 3.07. The number of amides is 1. The normalized spacial score (nSPS) is 10.8. The van der Waals surface area contributed by atoms with Gasteiger partial charge in [-0.25, -0.2) is 9.78 Å². The molecule has 0 spiro atoms. The van der Waals surface area contributed by atoms with E-state index in [1.807, 2.05) is 38.2 Å². The van der Waals surface area contributed by atoms with Gasteiger partial charge in [-0.1, -0.05) is 12.1 Å². The number of rotatable bonds is 7. The summed E-state index contributed by atoms with van der Waals surface area (Å²) in [6.45, 7) is 6.05. The Kier molecular flexibility index (Phi) is 6.11. The summed E-state index contributed by atoms with van der Waals surface area (Å²) in [4.78, 5) is 27.9. The van der Waals surface area contributed by atoms with Crippen LogP contribution < -0.4 is 10.6 Å². The molecule has 152 valence electrons. The molecule has 0 aliphatic rings. The predicted molar refractivity (Wildman–Crippen MR) is 112 cm³/mol. The molecular formula is C21H25N5O3. The molecule has 0 bridgehead atoms. The van der Waals surface area contributed by atoms with Gasteiger partial charge in [0.2, 0.25) is 5.91 Å². The molecule has 0 fully saturated rings. The van der Waals surface area contributed by atoms with Crippen molar-refractivity contribution in [1.29, 1.82) is 0 Å². The Morgan fingerprint density at radius 3 is 2.59 bits per heavy atom. The number of nitrogens with zero attached hydrogens (tertiary/aromatic N) is 3. The molecule has 8 nitrogen and oxygen atoms in total. The topological polar surface area (TPSA) is 98.1 Å². The van der Waals surface area contributed by atoms with E-state index in [9.17, 15) is 9.59 Å². The maximum Gasteiger partial charge on any atom is 0.341 e. The SMILES string of the molecule is CCOC(=O)c1cnc2c(c(C)nn2C)c1NCCc1ccc(NC(C)=O)cc1. The second-order valence-corrected chi connectivity index (χ2v) is 6.73. The van der Waals surface area contributed by atoms with Gasteiger partial charge in [-0.2, -0.15) is 5.10 Å². The molecule has 0 radical (unpaired) electrons. The Balaban J connectivity index is 1.81. The minimum Gasteiger partial charge on any atom is -0.462 e. The molecule has 1 amide bonds. The van der Waals surface area contributed by atoms with Crippen molar-refractivity contribution in [3.8, 4) is 0 Å². The summed E-state index contributed by atoms with van der Waals surface area (Å²) in [6, 6.07) is 7.68.